The molecule has 2 aromatic carbocycles. The van der Waals surface area contributed by atoms with Gasteiger partial charge in [-0.15, -0.1) is 0 Å². The standard InChI is InChI=1S/C20H19ClN2O3/c1-20(2)15-11-14(7-8-16(15)23-19(20)26)22-18(25)10-9-17(24)12-3-5-13(21)6-4-12/h3-8,11H,9-10H2,1-2H3,(H,22,25)(H,23,26). The van der Waals surface area contributed by atoms with Crippen LogP contribution >= 0.6 is 11.6 Å². The Morgan fingerprint density at radius 2 is 1.77 bits per heavy atom. The number of anilines is 2. The van der Waals surface area contributed by atoms with Gasteiger partial charge in [-0.05, 0) is 61.9 Å². The van der Waals surface area contributed by atoms with E-state index in [2.05, 4.69) is 10.6 Å². The highest BCUT2D eigenvalue weighted by Gasteiger charge is 2.38. The van der Waals surface area contributed by atoms with Crippen LogP contribution in [0.25, 0.3) is 0 Å². The van der Waals surface area contributed by atoms with E-state index < -0.39 is 5.41 Å². The van der Waals surface area contributed by atoms with Crippen LogP contribution in [0, 0.1) is 0 Å². The van der Waals surface area contributed by atoms with Crippen LogP contribution in [-0.2, 0) is 15.0 Å². The molecule has 0 aromatic heterocycles. The molecular weight excluding hydrogens is 352 g/mol. The number of rotatable bonds is 5. The van der Waals surface area contributed by atoms with E-state index in [0.29, 0.717) is 16.3 Å². The number of benzene rings is 2. The molecule has 0 spiro atoms. The van der Waals surface area contributed by atoms with Gasteiger partial charge < -0.3 is 10.6 Å². The lowest BCUT2D eigenvalue weighted by Crippen LogP contribution is -2.26. The van der Waals surface area contributed by atoms with Crippen LogP contribution in [0.5, 0.6) is 0 Å². The van der Waals surface area contributed by atoms with Crippen molar-refractivity contribution in [3.8, 4) is 0 Å². The normalized spacial score (nSPS) is 14.5. The number of Topliss-reactive ketones (excluding diaryl/α,β-unsaturated/α-hetero) is 1. The number of carbonyl (C=O) groups excluding carboxylic acids is 3. The minimum atomic E-state index is -0.638. The van der Waals surface area contributed by atoms with E-state index in [1.165, 1.54) is 0 Å². The van der Waals surface area contributed by atoms with Crippen molar-refractivity contribution in [1.29, 1.82) is 0 Å². The summed E-state index contributed by atoms with van der Waals surface area (Å²) in [6.07, 6.45) is 0.197. The van der Waals surface area contributed by atoms with Gasteiger partial charge in [0.1, 0.15) is 0 Å². The van der Waals surface area contributed by atoms with E-state index in [-0.39, 0.29) is 30.4 Å². The summed E-state index contributed by atoms with van der Waals surface area (Å²) in [6.45, 7) is 3.68. The molecule has 0 atom stereocenters. The Bertz CT molecular complexity index is 888. The Hall–Kier alpha value is -2.66. The monoisotopic (exact) mass is 370 g/mol. The number of nitrogens with one attached hydrogen (secondary N) is 2. The minimum Gasteiger partial charge on any atom is -0.326 e. The van der Waals surface area contributed by atoms with Gasteiger partial charge in [-0.1, -0.05) is 11.6 Å². The van der Waals surface area contributed by atoms with Crippen molar-refractivity contribution in [3.05, 3.63) is 58.6 Å². The molecule has 0 fully saturated rings. The van der Waals surface area contributed by atoms with Gasteiger partial charge in [-0.25, -0.2) is 0 Å². The second kappa shape index (κ2) is 6.92. The van der Waals surface area contributed by atoms with Crippen molar-refractivity contribution in [3.63, 3.8) is 0 Å². The lowest BCUT2D eigenvalue weighted by atomic mass is 9.86. The van der Waals surface area contributed by atoms with Crippen LogP contribution < -0.4 is 10.6 Å². The fourth-order valence-electron chi connectivity index (χ4n) is 2.88. The summed E-state index contributed by atoms with van der Waals surface area (Å²) in [5.41, 5.74) is 2.11. The van der Waals surface area contributed by atoms with Crippen LogP contribution in [0.4, 0.5) is 11.4 Å². The molecule has 26 heavy (non-hydrogen) atoms. The zero-order valence-electron chi connectivity index (χ0n) is 14.6. The summed E-state index contributed by atoms with van der Waals surface area (Å²) in [5.74, 6) is -0.423. The number of carbonyl (C=O) groups is 3. The van der Waals surface area contributed by atoms with Gasteiger partial charge in [-0.2, -0.15) is 0 Å². The second-order valence-electron chi connectivity index (χ2n) is 6.82. The van der Waals surface area contributed by atoms with Crippen LogP contribution in [0.15, 0.2) is 42.5 Å². The van der Waals surface area contributed by atoms with Gasteiger partial charge in [0.15, 0.2) is 5.78 Å². The molecule has 2 amide bonds. The van der Waals surface area contributed by atoms with E-state index in [1.807, 2.05) is 13.8 Å². The first-order valence-corrected chi connectivity index (χ1v) is 8.70. The van der Waals surface area contributed by atoms with E-state index in [4.69, 9.17) is 11.6 Å². The molecule has 0 bridgehead atoms. The summed E-state index contributed by atoms with van der Waals surface area (Å²) in [5, 5.41) is 6.18. The Labute approximate surface area is 156 Å². The first-order valence-electron chi connectivity index (χ1n) is 8.32. The SMILES string of the molecule is CC1(C)C(=O)Nc2ccc(NC(=O)CCC(=O)c3ccc(Cl)cc3)cc21. The van der Waals surface area contributed by atoms with Gasteiger partial charge in [0.2, 0.25) is 11.8 Å². The molecule has 2 aromatic rings. The van der Waals surface area contributed by atoms with Gasteiger partial charge in [0.05, 0.1) is 5.41 Å². The molecule has 6 heteroatoms. The third kappa shape index (κ3) is 3.63. The van der Waals surface area contributed by atoms with Gasteiger partial charge in [-0.3, -0.25) is 14.4 Å². The van der Waals surface area contributed by atoms with Crippen LogP contribution in [0.3, 0.4) is 0 Å². The summed E-state index contributed by atoms with van der Waals surface area (Å²) in [4.78, 5) is 36.3. The zero-order chi connectivity index (χ0) is 18.9. The lowest BCUT2D eigenvalue weighted by molar-refractivity contribution is -0.119. The van der Waals surface area contributed by atoms with E-state index in [9.17, 15) is 14.4 Å². The molecule has 0 saturated carbocycles. The Kier molecular flexibility index (Phi) is 4.83. The van der Waals surface area contributed by atoms with Gasteiger partial charge in [0, 0.05) is 34.8 Å². The number of amides is 2. The predicted octanol–water partition coefficient (Wildman–Crippen LogP) is 4.17. The van der Waals surface area contributed by atoms with E-state index in [1.54, 1.807) is 42.5 Å². The number of hydrogen-bond donors (Lipinski definition) is 2. The molecule has 1 aliphatic heterocycles. The maximum Gasteiger partial charge on any atom is 0.234 e. The molecular formula is C20H19ClN2O3. The van der Waals surface area contributed by atoms with Crippen molar-refractivity contribution in [2.75, 3.05) is 10.6 Å². The minimum absolute atomic E-state index is 0.0652. The van der Waals surface area contributed by atoms with Crippen LogP contribution in [0.1, 0.15) is 42.6 Å². The maximum absolute atomic E-state index is 12.2. The van der Waals surface area contributed by atoms with E-state index >= 15 is 0 Å². The fraction of sp³-hybridized carbons (Fsp3) is 0.250. The molecule has 2 N–H and O–H groups in total. The number of ketones is 1. The molecule has 3 rings (SSSR count). The first kappa shape index (κ1) is 18.1. The quantitative estimate of drug-likeness (QED) is 0.775. The topological polar surface area (TPSA) is 75.3 Å². The van der Waals surface area contributed by atoms with Crippen molar-refractivity contribution in [2.45, 2.75) is 32.1 Å². The van der Waals surface area contributed by atoms with Crippen molar-refractivity contribution in [1.82, 2.24) is 0 Å². The predicted molar refractivity (Wildman–Crippen MR) is 102 cm³/mol. The van der Waals surface area contributed by atoms with E-state index in [0.717, 1.165) is 11.3 Å². The smallest absolute Gasteiger partial charge is 0.234 e. The molecule has 0 aliphatic carbocycles. The van der Waals surface area contributed by atoms with Crippen molar-refractivity contribution < 1.29 is 14.4 Å². The highest BCUT2D eigenvalue weighted by Crippen LogP contribution is 2.38. The maximum atomic E-state index is 12.2. The summed E-state index contributed by atoms with van der Waals surface area (Å²) in [7, 11) is 0. The number of fused-ring (bicyclic) bond motifs is 1. The third-order valence-corrected chi connectivity index (χ3v) is 4.79. The Balaban J connectivity index is 1.61. The van der Waals surface area contributed by atoms with Gasteiger partial charge in [0.25, 0.3) is 0 Å². The zero-order valence-corrected chi connectivity index (χ0v) is 15.3. The van der Waals surface area contributed by atoms with Crippen LogP contribution in [0.2, 0.25) is 5.02 Å². The molecule has 134 valence electrons. The molecule has 0 radical (unpaired) electrons. The van der Waals surface area contributed by atoms with Crippen molar-refractivity contribution >= 4 is 40.6 Å². The fourth-order valence-corrected chi connectivity index (χ4v) is 3.01. The van der Waals surface area contributed by atoms with Crippen molar-refractivity contribution in [2.24, 2.45) is 0 Å². The average Bonchev–Trinajstić information content (AvgIpc) is 2.83. The number of hydrogen-bond acceptors (Lipinski definition) is 3. The molecule has 1 heterocycles. The highest BCUT2D eigenvalue weighted by atomic mass is 35.5. The summed E-state index contributed by atoms with van der Waals surface area (Å²) in [6, 6.07) is 11.9. The Morgan fingerprint density at radius 1 is 1.08 bits per heavy atom. The third-order valence-electron chi connectivity index (χ3n) is 4.54. The van der Waals surface area contributed by atoms with Gasteiger partial charge >= 0.3 is 0 Å². The van der Waals surface area contributed by atoms with Crippen LogP contribution in [-0.4, -0.2) is 17.6 Å². The summed E-state index contributed by atoms with van der Waals surface area (Å²) < 4.78 is 0. The Morgan fingerprint density at radius 3 is 2.46 bits per heavy atom. The first-order chi connectivity index (χ1) is 12.3. The molecule has 5 nitrogen and oxygen atoms in total. The second-order valence-corrected chi connectivity index (χ2v) is 7.25. The molecule has 0 saturated heterocycles. The lowest BCUT2D eigenvalue weighted by Gasteiger charge is -2.16. The number of halogens is 1. The largest absolute Gasteiger partial charge is 0.326 e. The highest BCUT2D eigenvalue weighted by molar-refractivity contribution is 6.30. The molecule has 1 aliphatic rings. The molecule has 0 unspecified atom stereocenters. The summed E-state index contributed by atoms with van der Waals surface area (Å²) >= 11 is 5.80. The average molecular weight is 371 g/mol.